The molecule has 2 aromatic rings. The van der Waals surface area contributed by atoms with Crippen molar-refractivity contribution in [1.29, 1.82) is 0 Å². The van der Waals surface area contributed by atoms with E-state index < -0.39 is 11.8 Å². The Labute approximate surface area is 150 Å². The lowest BCUT2D eigenvalue weighted by Gasteiger charge is -2.07. The van der Waals surface area contributed by atoms with Crippen molar-refractivity contribution in [3.8, 4) is 11.5 Å². The molecule has 25 heavy (non-hydrogen) atoms. The quantitative estimate of drug-likeness (QED) is 0.489. The molecule has 0 unspecified atom stereocenters. The first-order chi connectivity index (χ1) is 11.9. The van der Waals surface area contributed by atoms with Crippen molar-refractivity contribution in [3.63, 3.8) is 0 Å². The Morgan fingerprint density at radius 3 is 2.48 bits per heavy atom. The second kappa shape index (κ2) is 8.84. The van der Waals surface area contributed by atoms with Gasteiger partial charge >= 0.3 is 11.8 Å². The third-order valence-corrected chi connectivity index (χ3v) is 3.17. The van der Waals surface area contributed by atoms with Gasteiger partial charge in [0.25, 0.3) is 0 Å². The highest BCUT2D eigenvalue weighted by molar-refractivity contribution is 6.35. The molecule has 0 aliphatic carbocycles. The van der Waals surface area contributed by atoms with Gasteiger partial charge in [-0.2, -0.15) is 5.10 Å². The van der Waals surface area contributed by atoms with Crippen molar-refractivity contribution in [3.05, 3.63) is 59.1 Å². The monoisotopic (exact) mass is 359 g/mol. The van der Waals surface area contributed by atoms with Gasteiger partial charge in [-0.15, -0.1) is 0 Å². The average molecular weight is 360 g/mol. The van der Waals surface area contributed by atoms with Crippen LogP contribution in [0.15, 0.2) is 53.6 Å². The SMILES string of the molecule is CC(C)NC(=O)C(=O)N/N=C\c1cccc(Oc2ccc(Cl)cc2)c1. The predicted molar refractivity (Wildman–Crippen MR) is 97.0 cm³/mol. The van der Waals surface area contributed by atoms with E-state index in [1.807, 2.05) is 0 Å². The number of carbonyl (C=O) groups is 2. The fraction of sp³-hybridized carbons (Fsp3) is 0.167. The van der Waals surface area contributed by atoms with Crippen LogP contribution in [0.25, 0.3) is 0 Å². The molecule has 7 heteroatoms. The molecule has 2 aromatic carbocycles. The van der Waals surface area contributed by atoms with Crippen LogP contribution >= 0.6 is 11.6 Å². The lowest BCUT2D eigenvalue weighted by atomic mass is 10.2. The highest BCUT2D eigenvalue weighted by Gasteiger charge is 2.12. The van der Waals surface area contributed by atoms with Crippen LogP contribution in [0.1, 0.15) is 19.4 Å². The van der Waals surface area contributed by atoms with Crippen molar-refractivity contribution < 1.29 is 14.3 Å². The molecule has 0 spiro atoms. The first kappa shape index (κ1) is 18.5. The summed E-state index contributed by atoms with van der Waals surface area (Å²) in [7, 11) is 0. The van der Waals surface area contributed by atoms with Crippen molar-refractivity contribution >= 4 is 29.6 Å². The van der Waals surface area contributed by atoms with Gasteiger partial charge in [-0.05, 0) is 55.8 Å². The molecule has 0 aromatic heterocycles. The number of ether oxygens (including phenoxy) is 1. The molecule has 0 saturated carbocycles. The second-order valence-corrected chi connectivity index (χ2v) is 5.89. The third kappa shape index (κ3) is 6.27. The number of nitrogens with one attached hydrogen (secondary N) is 2. The summed E-state index contributed by atoms with van der Waals surface area (Å²) in [6.07, 6.45) is 1.43. The van der Waals surface area contributed by atoms with Crippen LogP contribution in [0.3, 0.4) is 0 Å². The summed E-state index contributed by atoms with van der Waals surface area (Å²) in [5, 5.41) is 6.88. The zero-order valence-electron chi connectivity index (χ0n) is 13.8. The van der Waals surface area contributed by atoms with E-state index in [1.54, 1.807) is 62.4 Å². The van der Waals surface area contributed by atoms with Crippen LogP contribution in [0, 0.1) is 0 Å². The normalized spacial score (nSPS) is 10.7. The van der Waals surface area contributed by atoms with Gasteiger partial charge in [0, 0.05) is 11.1 Å². The van der Waals surface area contributed by atoms with Gasteiger partial charge in [-0.1, -0.05) is 23.7 Å². The van der Waals surface area contributed by atoms with E-state index in [4.69, 9.17) is 16.3 Å². The first-order valence-corrected chi connectivity index (χ1v) is 7.99. The van der Waals surface area contributed by atoms with Crippen LogP contribution in [0.4, 0.5) is 0 Å². The topological polar surface area (TPSA) is 79.8 Å². The van der Waals surface area contributed by atoms with Gasteiger partial charge in [-0.3, -0.25) is 9.59 Å². The van der Waals surface area contributed by atoms with Crippen LogP contribution in [0.2, 0.25) is 5.02 Å². The average Bonchev–Trinajstić information content (AvgIpc) is 2.56. The maximum atomic E-state index is 11.5. The van der Waals surface area contributed by atoms with E-state index >= 15 is 0 Å². The van der Waals surface area contributed by atoms with E-state index in [-0.39, 0.29) is 6.04 Å². The summed E-state index contributed by atoms with van der Waals surface area (Å²) >= 11 is 5.84. The predicted octanol–water partition coefficient (Wildman–Crippen LogP) is 3.11. The molecule has 2 amide bonds. The minimum Gasteiger partial charge on any atom is -0.457 e. The number of carbonyl (C=O) groups excluding carboxylic acids is 2. The van der Waals surface area contributed by atoms with Crippen LogP contribution in [-0.4, -0.2) is 24.1 Å². The van der Waals surface area contributed by atoms with Crippen molar-refractivity contribution in [2.75, 3.05) is 0 Å². The summed E-state index contributed by atoms with van der Waals surface area (Å²) < 4.78 is 5.71. The Hall–Kier alpha value is -2.86. The maximum Gasteiger partial charge on any atom is 0.329 e. The fourth-order valence-corrected chi connectivity index (χ4v) is 1.97. The molecule has 2 rings (SSSR count). The molecule has 0 atom stereocenters. The lowest BCUT2D eigenvalue weighted by molar-refractivity contribution is -0.139. The third-order valence-electron chi connectivity index (χ3n) is 2.91. The van der Waals surface area contributed by atoms with E-state index in [9.17, 15) is 9.59 Å². The number of hydrogen-bond donors (Lipinski definition) is 2. The van der Waals surface area contributed by atoms with E-state index in [0.29, 0.717) is 22.1 Å². The molecule has 6 nitrogen and oxygen atoms in total. The summed E-state index contributed by atoms with van der Waals surface area (Å²) in [5.74, 6) is -0.294. The van der Waals surface area contributed by atoms with Gasteiger partial charge in [0.05, 0.1) is 6.21 Å². The van der Waals surface area contributed by atoms with Crippen molar-refractivity contribution in [2.24, 2.45) is 5.10 Å². The van der Waals surface area contributed by atoms with Crippen molar-refractivity contribution in [1.82, 2.24) is 10.7 Å². The molecule has 2 N–H and O–H groups in total. The van der Waals surface area contributed by atoms with Crippen LogP contribution in [0.5, 0.6) is 11.5 Å². The second-order valence-electron chi connectivity index (χ2n) is 5.46. The number of hydrogen-bond acceptors (Lipinski definition) is 4. The summed E-state index contributed by atoms with van der Waals surface area (Å²) in [6.45, 7) is 3.53. The summed E-state index contributed by atoms with van der Waals surface area (Å²) in [6, 6.07) is 14.0. The van der Waals surface area contributed by atoms with Gasteiger partial charge in [0.1, 0.15) is 11.5 Å². The van der Waals surface area contributed by atoms with Gasteiger partial charge in [-0.25, -0.2) is 5.43 Å². The lowest BCUT2D eigenvalue weighted by Crippen LogP contribution is -2.41. The highest BCUT2D eigenvalue weighted by Crippen LogP contribution is 2.23. The summed E-state index contributed by atoms with van der Waals surface area (Å²) in [4.78, 5) is 23.0. The minimum atomic E-state index is -0.821. The van der Waals surface area contributed by atoms with Crippen LogP contribution in [-0.2, 0) is 9.59 Å². The highest BCUT2D eigenvalue weighted by atomic mass is 35.5. The number of amides is 2. The molecule has 0 heterocycles. The Morgan fingerprint density at radius 2 is 1.80 bits per heavy atom. The fourth-order valence-electron chi connectivity index (χ4n) is 1.84. The van der Waals surface area contributed by atoms with Gasteiger partial charge in [0.2, 0.25) is 0 Å². The Balaban J connectivity index is 1.95. The standard InChI is InChI=1S/C18H18ClN3O3/c1-12(2)21-17(23)18(24)22-20-11-13-4-3-5-16(10-13)25-15-8-6-14(19)7-9-15/h3-12H,1-2H3,(H,21,23)(H,22,24)/b20-11-. The molecular weight excluding hydrogens is 342 g/mol. The smallest absolute Gasteiger partial charge is 0.329 e. The van der Waals surface area contributed by atoms with E-state index in [2.05, 4.69) is 15.8 Å². The molecule has 0 aliphatic heterocycles. The molecule has 0 saturated heterocycles. The molecule has 0 fully saturated rings. The minimum absolute atomic E-state index is 0.121. The Kier molecular flexibility index (Phi) is 6.54. The van der Waals surface area contributed by atoms with Crippen LogP contribution < -0.4 is 15.5 Å². The van der Waals surface area contributed by atoms with E-state index in [1.165, 1.54) is 6.21 Å². The number of hydrazone groups is 1. The van der Waals surface area contributed by atoms with Crippen molar-refractivity contribution in [2.45, 2.75) is 19.9 Å². The number of nitrogens with zero attached hydrogens (tertiary/aromatic N) is 1. The number of halogens is 1. The molecular formula is C18H18ClN3O3. The molecule has 0 aliphatic rings. The largest absolute Gasteiger partial charge is 0.457 e. The zero-order valence-corrected chi connectivity index (χ0v) is 14.6. The Bertz CT molecular complexity index is 773. The number of benzene rings is 2. The first-order valence-electron chi connectivity index (χ1n) is 7.61. The zero-order chi connectivity index (χ0) is 18.2. The van der Waals surface area contributed by atoms with Gasteiger partial charge < -0.3 is 10.1 Å². The summed E-state index contributed by atoms with van der Waals surface area (Å²) in [5.41, 5.74) is 2.88. The molecule has 130 valence electrons. The van der Waals surface area contributed by atoms with E-state index in [0.717, 1.165) is 0 Å². The molecule has 0 radical (unpaired) electrons. The van der Waals surface area contributed by atoms with Gasteiger partial charge in [0.15, 0.2) is 0 Å². The Morgan fingerprint density at radius 1 is 1.08 bits per heavy atom. The maximum absolute atomic E-state index is 11.5. The number of rotatable bonds is 5. The molecule has 0 bridgehead atoms.